The first-order valence-corrected chi connectivity index (χ1v) is 5.28. The Kier molecular flexibility index (Phi) is 2.77. The van der Waals surface area contributed by atoms with E-state index in [1.807, 2.05) is 18.8 Å². The number of rotatable bonds is 2. The molecule has 0 heterocycles. The van der Waals surface area contributed by atoms with Crippen molar-refractivity contribution < 1.29 is 8.98 Å². The Morgan fingerprint density at radius 3 is 2.11 bits per heavy atom. The van der Waals surface area contributed by atoms with Crippen LogP contribution in [0.5, 0.6) is 0 Å². The smallest absolute Gasteiger partial charge is 0.340 e. The third-order valence-corrected chi connectivity index (χ3v) is 1.16. The summed E-state index contributed by atoms with van der Waals surface area (Å²) in [6.07, 6.45) is 6.87. The molecular formula is C6H12O2S. The zero-order chi connectivity index (χ0) is 7.49. The van der Waals surface area contributed by atoms with Gasteiger partial charge in [0.1, 0.15) is 0 Å². The van der Waals surface area contributed by atoms with Gasteiger partial charge in [-0.15, -0.1) is 0 Å². The number of hydrogen-bond donors (Lipinski definition) is 0. The van der Waals surface area contributed by atoms with Crippen LogP contribution >= 0.6 is 10.3 Å². The number of carbonyl (C=O) groups excluding carboxylic acids is 1. The zero-order valence-corrected chi connectivity index (χ0v) is 6.83. The maximum Gasteiger partial charge on any atom is 0.340 e. The molecule has 3 heteroatoms. The second-order valence-electron chi connectivity index (χ2n) is 2.33. The molecule has 0 radical (unpaired) electrons. The second kappa shape index (κ2) is 2.92. The van der Waals surface area contributed by atoms with Crippen molar-refractivity contribution in [1.82, 2.24) is 0 Å². The summed E-state index contributed by atoms with van der Waals surface area (Å²) in [4.78, 5) is 10.5. The van der Waals surface area contributed by atoms with Crippen molar-refractivity contribution in [3.05, 3.63) is 12.7 Å². The number of carbonyl (C=O) groups is 1. The third-order valence-electron chi connectivity index (χ3n) is 0.499. The van der Waals surface area contributed by atoms with E-state index in [9.17, 15) is 4.79 Å². The van der Waals surface area contributed by atoms with E-state index in [2.05, 4.69) is 6.58 Å². The Hall–Kier alpha value is -0.440. The molecule has 0 atom stereocenters. The summed E-state index contributed by atoms with van der Waals surface area (Å²) in [5, 5.41) is 0. The summed E-state index contributed by atoms with van der Waals surface area (Å²) in [7, 11) is -1.16. The quantitative estimate of drug-likeness (QED) is 0.552. The molecule has 2 nitrogen and oxygen atoms in total. The van der Waals surface area contributed by atoms with Crippen molar-refractivity contribution >= 4 is 16.3 Å². The molecule has 54 valence electrons. The van der Waals surface area contributed by atoms with Gasteiger partial charge in [0, 0.05) is 6.08 Å². The minimum absolute atomic E-state index is 0.336. The van der Waals surface area contributed by atoms with Gasteiger partial charge in [0.05, 0.1) is 0 Å². The van der Waals surface area contributed by atoms with Crippen LogP contribution in [0, 0.1) is 0 Å². The Labute approximate surface area is 57.4 Å². The van der Waals surface area contributed by atoms with Gasteiger partial charge in [0.2, 0.25) is 0 Å². The minimum Gasteiger partial charge on any atom is -0.413 e. The van der Waals surface area contributed by atoms with Crippen LogP contribution in [0.4, 0.5) is 0 Å². The fraction of sp³-hybridized carbons (Fsp3) is 0.500. The van der Waals surface area contributed by atoms with Crippen molar-refractivity contribution in [2.45, 2.75) is 0 Å². The minimum atomic E-state index is -1.16. The maximum absolute atomic E-state index is 10.5. The van der Waals surface area contributed by atoms with Crippen LogP contribution in [0.25, 0.3) is 0 Å². The van der Waals surface area contributed by atoms with Crippen molar-refractivity contribution in [3.8, 4) is 0 Å². The highest BCUT2D eigenvalue weighted by atomic mass is 32.3. The van der Waals surface area contributed by atoms with Crippen LogP contribution in [0.2, 0.25) is 0 Å². The van der Waals surface area contributed by atoms with Crippen LogP contribution in [0.3, 0.4) is 0 Å². The third kappa shape index (κ3) is 5.43. The first kappa shape index (κ1) is 8.56. The van der Waals surface area contributed by atoms with E-state index in [0.717, 1.165) is 0 Å². The van der Waals surface area contributed by atoms with Crippen LogP contribution < -0.4 is 0 Å². The van der Waals surface area contributed by atoms with E-state index >= 15 is 0 Å². The van der Waals surface area contributed by atoms with Crippen molar-refractivity contribution in [2.24, 2.45) is 0 Å². The summed E-state index contributed by atoms with van der Waals surface area (Å²) in [5.74, 6) is -0.336. The lowest BCUT2D eigenvalue weighted by molar-refractivity contribution is -0.127. The zero-order valence-electron chi connectivity index (χ0n) is 6.01. The van der Waals surface area contributed by atoms with Crippen LogP contribution in [0.15, 0.2) is 12.7 Å². The summed E-state index contributed by atoms with van der Waals surface area (Å²) in [6.45, 7) is 3.28. The highest BCUT2D eigenvalue weighted by Crippen LogP contribution is 2.35. The Morgan fingerprint density at radius 1 is 1.56 bits per heavy atom. The van der Waals surface area contributed by atoms with Gasteiger partial charge in [-0.05, 0) is 18.8 Å². The average molecular weight is 148 g/mol. The fourth-order valence-corrected chi connectivity index (χ4v) is 0.841. The van der Waals surface area contributed by atoms with Crippen molar-refractivity contribution in [1.29, 1.82) is 0 Å². The lowest BCUT2D eigenvalue weighted by atomic mass is 10.7. The molecule has 0 aliphatic rings. The summed E-state index contributed by atoms with van der Waals surface area (Å²) >= 11 is 0. The van der Waals surface area contributed by atoms with Gasteiger partial charge in [-0.25, -0.2) is 4.79 Å². The molecule has 0 unspecified atom stereocenters. The highest BCUT2D eigenvalue weighted by molar-refractivity contribution is 8.28. The molecule has 0 bridgehead atoms. The standard InChI is InChI=1S/C6H12O2S/c1-5-6(7)8-9(2,3)4/h5H,1H2,2-4H3. The first-order chi connectivity index (χ1) is 3.95. The van der Waals surface area contributed by atoms with Gasteiger partial charge in [0.25, 0.3) is 0 Å². The molecular weight excluding hydrogens is 136 g/mol. The Bertz CT molecular complexity index is 124. The van der Waals surface area contributed by atoms with E-state index in [-0.39, 0.29) is 5.97 Å². The van der Waals surface area contributed by atoms with Crippen molar-refractivity contribution in [3.63, 3.8) is 0 Å². The summed E-state index contributed by atoms with van der Waals surface area (Å²) < 4.78 is 4.91. The molecule has 0 aliphatic heterocycles. The molecule has 0 spiro atoms. The monoisotopic (exact) mass is 148 g/mol. The first-order valence-electron chi connectivity index (χ1n) is 2.50. The van der Waals surface area contributed by atoms with E-state index < -0.39 is 10.3 Å². The SMILES string of the molecule is C=CC(=O)OS(C)(C)C. The van der Waals surface area contributed by atoms with E-state index in [4.69, 9.17) is 4.18 Å². The van der Waals surface area contributed by atoms with E-state index in [0.29, 0.717) is 0 Å². The second-order valence-corrected chi connectivity index (χ2v) is 5.95. The lowest BCUT2D eigenvalue weighted by Crippen LogP contribution is -2.04. The maximum atomic E-state index is 10.5. The topological polar surface area (TPSA) is 26.3 Å². The molecule has 0 aromatic heterocycles. The molecule has 0 aromatic carbocycles. The molecule has 0 aliphatic carbocycles. The van der Waals surface area contributed by atoms with Crippen molar-refractivity contribution in [2.75, 3.05) is 18.8 Å². The summed E-state index contributed by atoms with van der Waals surface area (Å²) in [5.41, 5.74) is 0. The van der Waals surface area contributed by atoms with Crippen LogP contribution in [0.1, 0.15) is 0 Å². The molecule has 0 saturated heterocycles. The Balaban J connectivity index is 3.74. The van der Waals surface area contributed by atoms with Gasteiger partial charge < -0.3 is 4.18 Å². The Morgan fingerprint density at radius 2 is 2.00 bits per heavy atom. The van der Waals surface area contributed by atoms with Crippen LogP contribution in [-0.4, -0.2) is 24.7 Å². The largest absolute Gasteiger partial charge is 0.413 e. The fourth-order valence-electron chi connectivity index (χ4n) is 0.280. The van der Waals surface area contributed by atoms with Gasteiger partial charge in [-0.3, -0.25) is 0 Å². The molecule has 0 aromatic rings. The predicted octanol–water partition coefficient (Wildman–Crippen LogP) is 1.32. The normalized spacial score (nSPS) is 12.3. The molecule has 0 saturated carbocycles. The highest BCUT2D eigenvalue weighted by Gasteiger charge is 2.06. The molecule has 0 amide bonds. The molecule has 0 rings (SSSR count). The predicted molar refractivity (Wildman–Crippen MR) is 41.7 cm³/mol. The average Bonchev–Trinajstić information content (AvgIpc) is 1.62. The van der Waals surface area contributed by atoms with Gasteiger partial charge in [-0.1, -0.05) is 16.9 Å². The van der Waals surface area contributed by atoms with Gasteiger partial charge >= 0.3 is 5.97 Å². The summed E-state index contributed by atoms with van der Waals surface area (Å²) in [6, 6.07) is 0. The van der Waals surface area contributed by atoms with Gasteiger partial charge in [0.15, 0.2) is 0 Å². The van der Waals surface area contributed by atoms with Crippen LogP contribution in [-0.2, 0) is 8.98 Å². The van der Waals surface area contributed by atoms with Gasteiger partial charge in [-0.2, -0.15) is 0 Å². The molecule has 0 N–H and O–H groups in total. The van der Waals surface area contributed by atoms with E-state index in [1.165, 1.54) is 6.08 Å². The number of hydrogen-bond acceptors (Lipinski definition) is 2. The molecule has 9 heavy (non-hydrogen) atoms. The van der Waals surface area contributed by atoms with E-state index in [1.54, 1.807) is 0 Å². The lowest BCUT2D eigenvalue weighted by Gasteiger charge is -2.23. The molecule has 0 fully saturated rings.